The lowest BCUT2D eigenvalue weighted by molar-refractivity contribution is -0.150. The fraction of sp³-hybridized carbons (Fsp3) is 0.250. The number of aliphatic carboxylic acids is 1. The summed E-state index contributed by atoms with van der Waals surface area (Å²) in [6.07, 6.45) is 5.08. The number of rotatable bonds is 8. The number of carboxylic acids is 1. The summed E-state index contributed by atoms with van der Waals surface area (Å²) in [5, 5.41) is 32.1. The number of allylic oxidation sites excluding steroid dienone is 1. The molecule has 2 aliphatic heterocycles. The number of benzene rings is 1. The Morgan fingerprint density at radius 3 is 2.82 bits per heavy atom. The van der Waals surface area contributed by atoms with E-state index in [1.165, 1.54) is 52.7 Å². The number of thioether (sulfide) groups is 2. The number of phenols is 1. The third-order valence-corrected chi connectivity index (χ3v) is 7.23. The van der Waals surface area contributed by atoms with Crippen LogP contribution < -0.4 is 11.1 Å². The minimum Gasteiger partial charge on any atom is -0.508 e. The third kappa shape index (κ3) is 4.74. The normalized spacial score (nSPS) is 21.0. The standard InChI is InChI=1S/C20H20N6O5S2/c21-14(10-3-5-12(27)6-4-10)17(28)23-15-18(29)26-16(20(30)31)11(9-33-19(15)26)2-1-7-32-13-8-22-25-24-13/h1-6,8,14-15,19,27H,7,9,21H2,(H,23,28)(H,30,31)(H,22,24,25)/b2-1+/t14?,15-,19-/m1/s1. The van der Waals surface area contributed by atoms with Crippen LogP contribution in [0.15, 0.2) is 58.9 Å². The van der Waals surface area contributed by atoms with E-state index in [0.717, 1.165) is 0 Å². The van der Waals surface area contributed by atoms with Crippen LogP contribution in [0, 0.1) is 0 Å². The van der Waals surface area contributed by atoms with Gasteiger partial charge in [-0.3, -0.25) is 14.5 Å². The van der Waals surface area contributed by atoms with Gasteiger partial charge in [0.2, 0.25) is 5.91 Å². The Morgan fingerprint density at radius 1 is 1.39 bits per heavy atom. The van der Waals surface area contributed by atoms with Crippen molar-refractivity contribution in [2.45, 2.75) is 22.5 Å². The lowest BCUT2D eigenvalue weighted by Crippen LogP contribution is -2.71. The number of nitrogens with zero attached hydrogens (tertiary/aromatic N) is 3. The van der Waals surface area contributed by atoms with Crippen LogP contribution in [0.5, 0.6) is 5.75 Å². The monoisotopic (exact) mass is 488 g/mol. The maximum atomic E-state index is 12.8. The average Bonchev–Trinajstić information content (AvgIpc) is 3.33. The van der Waals surface area contributed by atoms with E-state index < -0.39 is 35.2 Å². The van der Waals surface area contributed by atoms with Gasteiger partial charge in [0.1, 0.15) is 33.9 Å². The molecule has 2 aromatic rings. The van der Waals surface area contributed by atoms with E-state index in [4.69, 9.17) is 5.73 Å². The van der Waals surface area contributed by atoms with Crippen molar-refractivity contribution in [3.63, 3.8) is 0 Å². The van der Waals surface area contributed by atoms with Gasteiger partial charge in [0.25, 0.3) is 5.91 Å². The Morgan fingerprint density at radius 2 is 2.15 bits per heavy atom. The first-order valence-corrected chi connectivity index (χ1v) is 11.8. The average molecular weight is 489 g/mol. The van der Waals surface area contributed by atoms with Gasteiger partial charge in [-0.15, -0.1) is 16.9 Å². The van der Waals surface area contributed by atoms with Gasteiger partial charge in [-0.1, -0.05) is 36.0 Å². The summed E-state index contributed by atoms with van der Waals surface area (Å²) < 4.78 is 0. The summed E-state index contributed by atoms with van der Waals surface area (Å²) in [6, 6.07) is 3.98. The number of phenolic OH excluding ortho intramolecular Hbond substituents is 1. The molecule has 1 aromatic carbocycles. The molecule has 0 spiro atoms. The topological polar surface area (TPSA) is 175 Å². The number of fused-ring (bicyclic) bond motifs is 1. The molecule has 13 heteroatoms. The van der Waals surface area contributed by atoms with E-state index in [1.54, 1.807) is 18.3 Å². The number of aromatic hydroxyl groups is 1. The molecule has 1 aromatic heterocycles. The highest BCUT2D eigenvalue weighted by atomic mass is 32.2. The van der Waals surface area contributed by atoms with E-state index in [9.17, 15) is 24.6 Å². The lowest BCUT2D eigenvalue weighted by atomic mass is 10.0. The highest BCUT2D eigenvalue weighted by molar-refractivity contribution is 8.00. The molecule has 0 aliphatic carbocycles. The first-order valence-electron chi connectivity index (χ1n) is 9.78. The van der Waals surface area contributed by atoms with Gasteiger partial charge in [-0.25, -0.2) is 4.79 Å². The van der Waals surface area contributed by atoms with Gasteiger partial charge in [0.15, 0.2) is 0 Å². The summed E-state index contributed by atoms with van der Waals surface area (Å²) in [5.41, 5.74) is 6.89. The summed E-state index contributed by atoms with van der Waals surface area (Å²) in [7, 11) is 0. The zero-order valence-electron chi connectivity index (χ0n) is 17.0. The van der Waals surface area contributed by atoms with Crippen LogP contribution in [0.2, 0.25) is 0 Å². The molecule has 172 valence electrons. The van der Waals surface area contributed by atoms with Gasteiger partial charge >= 0.3 is 5.97 Å². The van der Waals surface area contributed by atoms with Crippen LogP contribution in [0.1, 0.15) is 11.6 Å². The van der Waals surface area contributed by atoms with Crippen LogP contribution in [0.25, 0.3) is 0 Å². The summed E-state index contributed by atoms with van der Waals surface area (Å²) in [6.45, 7) is 0. The molecule has 2 amide bonds. The number of hydrogen-bond donors (Lipinski definition) is 5. The quantitative estimate of drug-likeness (QED) is 0.261. The van der Waals surface area contributed by atoms with Crippen molar-refractivity contribution in [2.75, 3.05) is 11.5 Å². The third-order valence-electron chi connectivity index (χ3n) is 5.07. The van der Waals surface area contributed by atoms with Crippen molar-refractivity contribution < 1.29 is 24.6 Å². The number of aromatic nitrogens is 3. The highest BCUT2D eigenvalue weighted by Crippen LogP contribution is 2.40. The number of nitrogens with one attached hydrogen (secondary N) is 2. The van der Waals surface area contributed by atoms with Gasteiger partial charge in [0.05, 0.1) is 6.20 Å². The minimum atomic E-state index is -1.21. The van der Waals surface area contributed by atoms with Crippen molar-refractivity contribution in [2.24, 2.45) is 5.73 Å². The maximum Gasteiger partial charge on any atom is 0.352 e. The fourth-order valence-corrected chi connectivity index (χ4v) is 5.35. The molecular formula is C20H20N6O5S2. The summed E-state index contributed by atoms with van der Waals surface area (Å²) in [4.78, 5) is 38.5. The maximum absolute atomic E-state index is 12.8. The molecule has 33 heavy (non-hydrogen) atoms. The fourth-order valence-electron chi connectivity index (χ4n) is 3.43. The minimum absolute atomic E-state index is 0.0457. The molecule has 3 heterocycles. The molecule has 3 atom stereocenters. The number of aromatic amines is 1. The molecule has 6 N–H and O–H groups in total. The Labute approximate surface area is 196 Å². The molecule has 1 saturated heterocycles. The molecule has 0 bridgehead atoms. The Kier molecular flexibility index (Phi) is 6.72. The van der Waals surface area contributed by atoms with Crippen molar-refractivity contribution >= 4 is 41.3 Å². The van der Waals surface area contributed by atoms with Crippen LogP contribution in [-0.2, 0) is 14.4 Å². The van der Waals surface area contributed by atoms with Gasteiger partial charge < -0.3 is 21.3 Å². The Balaban J connectivity index is 1.42. The van der Waals surface area contributed by atoms with Crippen LogP contribution >= 0.6 is 23.5 Å². The van der Waals surface area contributed by atoms with Gasteiger partial charge in [-0.2, -0.15) is 10.3 Å². The first-order chi connectivity index (χ1) is 15.9. The molecule has 4 rings (SSSR count). The smallest absolute Gasteiger partial charge is 0.352 e. The van der Waals surface area contributed by atoms with Crippen molar-refractivity contribution in [1.29, 1.82) is 0 Å². The molecule has 1 fully saturated rings. The van der Waals surface area contributed by atoms with Crippen LogP contribution in [0.3, 0.4) is 0 Å². The van der Waals surface area contributed by atoms with Crippen molar-refractivity contribution in [3.05, 3.63) is 59.4 Å². The number of hydrogen-bond acceptors (Lipinski definition) is 9. The number of amides is 2. The molecule has 0 saturated carbocycles. The number of carbonyl (C=O) groups is 3. The zero-order valence-corrected chi connectivity index (χ0v) is 18.7. The number of carbonyl (C=O) groups excluding carboxylic acids is 2. The van der Waals surface area contributed by atoms with Crippen LogP contribution in [-0.4, -0.2) is 71.2 Å². The molecular weight excluding hydrogens is 468 g/mol. The van der Waals surface area contributed by atoms with Gasteiger partial charge in [0, 0.05) is 11.5 Å². The van der Waals surface area contributed by atoms with E-state index in [-0.39, 0.29) is 11.4 Å². The SMILES string of the molecule is NC(C(=O)N[C@@H]1C(=O)N2C(C(=O)O)=C(/C=C/CSc3cn[nH]n3)CS[C@H]12)c1ccc(O)cc1. The molecule has 11 nitrogen and oxygen atoms in total. The Bertz CT molecular complexity index is 1120. The lowest BCUT2D eigenvalue weighted by Gasteiger charge is -2.49. The van der Waals surface area contributed by atoms with E-state index in [0.29, 0.717) is 27.7 Å². The van der Waals surface area contributed by atoms with E-state index in [2.05, 4.69) is 20.7 Å². The van der Waals surface area contributed by atoms with E-state index >= 15 is 0 Å². The van der Waals surface area contributed by atoms with E-state index in [1.807, 2.05) is 0 Å². The molecule has 2 aliphatic rings. The van der Waals surface area contributed by atoms with Crippen LogP contribution in [0.4, 0.5) is 0 Å². The number of β-lactam (4-membered cyclic amide) rings is 1. The summed E-state index contributed by atoms with van der Waals surface area (Å²) in [5.74, 6) is -1.29. The second kappa shape index (κ2) is 9.68. The number of H-pyrrole nitrogens is 1. The van der Waals surface area contributed by atoms with Crippen molar-refractivity contribution in [1.82, 2.24) is 25.6 Å². The molecule has 0 radical (unpaired) electrons. The predicted octanol–water partition coefficient (Wildman–Crippen LogP) is 0.597. The summed E-state index contributed by atoms with van der Waals surface area (Å²) >= 11 is 2.80. The number of nitrogens with two attached hydrogens (primary N) is 1. The zero-order chi connectivity index (χ0) is 23.5. The highest BCUT2D eigenvalue weighted by Gasteiger charge is 2.54. The number of carboxylic acid groups (broad SMARTS) is 1. The Hall–Kier alpha value is -3.29. The van der Waals surface area contributed by atoms with Gasteiger partial charge in [-0.05, 0) is 23.3 Å². The second-order valence-electron chi connectivity index (χ2n) is 7.17. The first kappa shape index (κ1) is 22.9. The second-order valence-corrected chi connectivity index (χ2v) is 9.31. The predicted molar refractivity (Wildman–Crippen MR) is 121 cm³/mol. The largest absolute Gasteiger partial charge is 0.508 e. The molecule has 1 unspecified atom stereocenters. The van der Waals surface area contributed by atoms with Crippen molar-refractivity contribution in [3.8, 4) is 5.75 Å².